The van der Waals surface area contributed by atoms with E-state index in [2.05, 4.69) is 32.6 Å². The normalized spacial score (nSPS) is 16.6. The van der Waals surface area contributed by atoms with Gasteiger partial charge >= 0.3 is 4.87 Å². The van der Waals surface area contributed by atoms with Crippen molar-refractivity contribution in [1.29, 1.82) is 0 Å². The number of carbonyl (C=O) groups is 1. The summed E-state index contributed by atoms with van der Waals surface area (Å²) in [5, 5.41) is 8.88. The van der Waals surface area contributed by atoms with E-state index in [1.165, 1.54) is 4.88 Å². The fourth-order valence-electron chi connectivity index (χ4n) is 2.58. The molecule has 3 heterocycles. The second-order valence-corrected chi connectivity index (χ2v) is 7.35. The van der Waals surface area contributed by atoms with Crippen LogP contribution in [0.1, 0.15) is 16.3 Å². The lowest BCUT2D eigenvalue weighted by molar-refractivity contribution is -0.130. The Kier molecular flexibility index (Phi) is 5.01. The van der Waals surface area contributed by atoms with E-state index in [1.807, 2.05) is 4.90 Å². The van der Waals surface area contributed by atoms with E-state index in [0.29, 0.717) is 5.01 Å². The van der Waals surface area contributed by atoms with Crippen LogP contribution in [0.2, 0.25) is 0 Å². The molecule has 0 saturated carbocycles. The number of H-pyrrole nitrogens is 1. The van der Waals surface area contributed by atoms with Crippen molar-refractivity contribution in [3.63, 3.8) is 0 Å². The molecule has 8 heteroatoms. The van der Waals surface area contributed by atoms with Crippen LogP contribution in [0, 0.1) is 0 Å². The van der Waals surface area contributed by atoms with E-state index in [1.54, 1.807) is 11.3 Å². The van der Waals surface area contributed by atoms with Crippen molar-refractivity contribution >= 4 is 28.6 Å². The summed E-state index contributed by atoms with van der Waals surface area (Å²) in [5.74, 6) is 0.0562. The van der Waals surface area contributed by atoms with Crippen LogP contribution in [0.3, 0.4) is 0 Å². The molecule has 0 aromatic carbocycles. The molecule has 1 amide bonds. The fraction of sp³-hybridized carbons (Fsp3) is 0.500. The quantitative estimate of drug-likeness (QED) is 0.909. The number of rotatable bonds is 4. The Morgan fingerprint density at radius 2 is 2.23 bits per heavy atom. The van der Waals surface area contributed by atoms with E-state index in [4.69, 9.17) is 0 Å². The number of carbonyl (C=O) groups excluding carboxylic acids is 1. The van der Waals surface area contributed by atoms with Crippen LogP contribution in [0.4, 0.5) is 0 Å². The van der Waals surface area contributed by atoms with Gasteiger partial charge in [-0.05, 0) is 17.9 Å². The molecule has 0 unspecified atom stereocenters. The summed E-state index contributed by atoms with van der Waals surface area (Å²) in [7, 11) is 0. The van der Waals surface area contributed by atoms with Gasteiger partial charge in [-0.2, -0.15) is 5.10 Å². The molecule has 1 fully saturated rings. The van der Waals surface area contributed by atoms with Crippen LogP contribution in [0.5, 0.6) is 0 Å². The van der Waals surface area contributed by atoms with Crippen molar-refractivity contribution in [2.45, 2.75) is 19.4 Å². The second kappa shape index (κ2) is 7.17. The molecule has 3 rings (SSSR count). The molecule has 0 radical (unpaired) electrons. The van der Waals surface area contributed by atoms with Crippen LogP contribution in [0.25, 0.3) is 0 Å². The lowest BCUT2D eigenvalue weighted by Gasteiger charge is -2.21. The van der Waals surface area contributed by atoms with Gasteiger partial charge in [0.1, 0.15) is 5.01 Å². The molecule has 1 N–H and O–H groups in total. The van der Waals surface area contributed by atoms with E-state index < -0.39 is 0 Å². The molecule has 0 aliphatic carbocycles. The van der Waals surface area contributed by atoms with Gasteiger partial charge in [0.25, 0.3) is 0 Å². The van der Waals surface area contributed by atoms with Crippen LogP contribution in [-0.4, -0.2) is 52.1 Å². The molecule has 0 bridgehead atoms. The first-order valence-electron chi connectivity index (χ1n) is 7.27. The number of hydrogen-bond acceptors (Lipinski definition) is 6. The Morgan fingerprint density at radius 3 is 2.95 bits per heavy atom. The predicted molar refractivity (Wildman–Crippen MR) is 87.2 cm³/mol. The SMILES string of the molecule is O=C(Cc1n[nH]c(=O)s1)N1CCCN(Cc2cccs2)CC1. The zero-order chi connectivity index (χ0) is 15.4. The van der Waals surface area contributed by atoms with Crippen molar-refractivity contribution in [1.82, 2.24) is 20.0 Å². The molecule has 1 saturated heterocycles. The Hall–Kier alpha value is -1.51. The maximum absolute atomic E-state index is 12.3. The summed E-state index contributed by atoms with van der Waals surface area (Å²) in [6.07, 6.45) is 1.20. The molecule has 118 valence electrons. The van der Waals surface area contributed by atoms with Gasteiger partial charge in [0.2, 0.25) is 5.91 Å². The molecule has 0 spiro atoms. The number of hydrogen-bond donors (Lipinski definition) is 1. The van der Waals surface area contributed by atoms with Crippen LogP contribution < -0.4 is 4.87 Å². The third kappa shape index (κ3) is 4.02. The van der Waals surface area contributed by atoms with Crippen molar-refractivity contribution in [3.05, 3.63) is 37.1 Å². The summed E-state index contributed by atoms with van der Waals surface area (Å²) in [6.45, 7) is 4.38. The maximum Gasteiger partial charge on any atom is 0.322 e. The van der Waals surface area contributed by atoms with Crippen molar-refractivity contribution in [3.8, 4) is 0 Å². The summed E-state index contributed by atoms with van der Waals surface area (Å²) in [4.78, 5) is 28.8. The highest BCUT2D eigenvalue weighted by molar-refractivity contribution is 7.09. The summed E-state index contributed by atoms with van der Waals surface area (Å²) in [5.41, 5.74) is 0. The van der Waals surface area contributed by atoms with E-state index in [-0.39, 0.29) is 17.2 Å². The zero-order valence-electron chi connectivity index (χ0n) is 12.2. The average Bonchev–Trinajstić information content (AvgIpc) is 3.07. The minimum Gasteiger partial charge on any atom is -0.341 e. The largest absolute Gasteiger partial charge is 0.341 e. The van der Waals surface area contributed by atoms with Crippen molar-refractivity contribution in [2.24, 2.45) is 0 Å². The van der Waals surface area contributed by atoms with E-state index in [9.17, 15) is 9.59 Å². The summed E-state index contributed by atoms with van der Waals surface area (Å²) < 4.78 is 0. The van der Waals surface area contributed by atoms with Gasteiger partial charge in [0, 0.05) is 37.6 Å². The molecule has 22 heavy (non-hydrogen) atoms. The Bertz CT molecular complexity index is 664. The van der Waals surface area contributed by atoms with Gasteiger partial charge in [-0.15, -0.1) is 11.3 Å². The number of thiophene rings is 1. The Labute approximate surface area is 136 Å². The van der Waals surface area contributed by atoms with Gasteiger partial charge in [-0.3, -0.25) is 14.5 Å². The van der Waals surface area contributed by atoms with E-state index in [0.717, 1.165) is 50.5 Å². The molecule has 2 aromatic rings. The molecule has 1 aliphatic rings. The van der Waals surface area contributed by atoms with Gasteiger partial charge in [-0.1, -0.05) is 17.4 Å². The molecular weight excluding hydrogens is 320 g/mol. The third-order valence-corrected chi connectivity index (χ3v) is 5.29. The van der Waals surface area contributed by atoms with Crippen LogP contribution in [-0.2, 0) is 17.8 Å². The lowest BCUT2D eigenvalue weighted by atomic mass is 10.3. The van der Waals surface area contributed by atoms with Crippen LogP contribution >= 0.6 is 22.7 Å². The maximum atomic E-state index is 12.3. The molecular formula is C14H18N4O2S2. The molecule has 6 nitrogen and oxygen atoms in total. The first-order valence-corrected chi connectivity index (χ1v) is 8.97. The Balaban J connectivity index is 1.53. The number of nitrogens with zero attached hydrogens (tertiary/aromatic N) is 3. The molecule has 0 atom stereocenters. The monoisotopic (exact) mass is 338 g/mol. The Morgan fingerprint density at radius 1 is 1.32 bits per heavy atom. The smallest absolute Gasteiger partial charge is 0.322 e. The number of aromatic nitrogens is 2. The minimum absolute atomic E-state index is 0.0562. The average molecular weight is 338 g/mol. The summed E-state index contributed by atoms with van der Waals surface area (Å²) in [6, 6.07) is 4.22. The standard InChI is InChI=1S/C14H18N4O2S2/c19-13(9-12-15-16-14(20)22-12)18-5-2-4-17(6-7-18)10-11-3-1-8-21-11/h1,3,8H,2,4-7,9-10H2,(H,16,20). The zero-order valence-corrected chi connectivity index (χ0v) is 13.8. The summed E-state index contributed by atoms with van der Waals surface area (Å²) >= 11 is 2.78. The number of amides is 1. The lowest BCUT2D eigenvalue weighted by Crippen LogP contribution is -2.36. The highest BCUT2D eigenvalue weighted by atomic mass is 32.1. The van der Waals surface area contributed by atoms with Gasteiger partial charge in [-0.25, -0.2) is 5.10 Å². The highest BCUT2D eigenvalue weighted by Gasteiger charge is 2.20. The van der Waals surface area contributed by atoms with Gasteiger partial charge < -0.3 is 4.90 Å². The first kappa shape index (κ1) is 15.4. The number of nitrogens with one attached hydrogen (secondary N) is 1. The number of aromatic amines is 1. The molecule has 2 aromatic heterocycles. The van der Waals surface area contributed by atoms with Crippen molar-refractivity contribution < 1.29 is 4.79 Å². The van der Waals surface area contributed by atoms with Gasteiger partial charge in [0.15, 0.2) is 0 Å². The van der Waals surface area contributed by atoms with Crippen LogP contribution in [0.15, 0.2) is 22.3 Å². The highest BCUT2D eigenvalue weighted by Crippen LogP contribution is 2.14. The van der Waals surface area contributed by atoms with Gasteiger partial charge in [0.05, 0.1) is 6.42 Å². The predicted octanol–water partition coefficient (Wildman–Crippen LogP) is 1.17. The minimum atomic E-state index is -0.208. The van der Waals surface area contributed by atoms with Crippen molar-refractivity contribution in [2.75, 3.05) is 26.2 Å². The molecule has 1 aliphatic heterocycles. The second-order valence-electron chi connectivity index (χ2n) is 5.27. The van der Waals surface area contributed by atoms with E-state index >= 15 is 0 Å². The first-order chi connectivity index (χ1) is 10.7. The fourth-order valence-corrected chi connectivity index (χ4v) is 3.92. The third-order valence-electron chi connectivity index (χ3n) is 3.69. The topological polar surface area (TPSA) is 69.3 Å².